The number of fused-ring (bicyclic) bond motifs is 1. The standard InChI is InChI=1S/C36H37ClN4O3Si/c1-36(2,3)45(28-11-7-5-8-12-28,29-13-9-6-10-14-29)44-27-20-17-25(21-27)33-30-22-39-34(37)31(35(38)42)32(30)40-41(33)23-24-15-18-26(43-4)19-16-24/h5-19,22,27H,20-21,23H2,1-4H3,(H2,38,42). The molecule has 230 valence electrons. The van der Waals surface area contributed by atoms with Gasteiger partial charge in [0.2, 0.25) is 0 Å². The van der Waals surface area contributed by atoms with Gasteiger partial charge in [-0.1, -0.05) is 111 Å². The van der Waals surface area contributed by atoms with Crippen molar-refractivity contribution in [3.63, 3.8) is 0 Å². The van der Waals surface area contributed by atoms with E-state index in [9.17, 15) is 4.79 Å². The summed E-state index contributed by atoms with van der Waals surface area (Å²) in [6.07, 6.45) is 5.30. The Morgan fingerprint density at radius 2 is 1.62 bits per heavy atom. The van der Waals surface area contributed by atoms with Gasteiger partial charge in [0.1, 0.15) is 22.0 Å². The molecule has 9 heteroatoms. The average molecular weight is 637 g/mol. The van der Waals surface area contributed by atoms with Crippen LogP contribution in [-0.2, 0) is 11.0 Å². The van der Waals surface area contributed by atoms with Crippen molar-refractivity contribution in [1.82, 2.24) is 14.8 Å². The number of aromatic nitrogens is 3. The lowest BCUT2D eigenvalue weighted by molar-refractivity contribution is 0.100. The fraction of sp³-hybridized carbons (Fsp3) is 0.250. The van der Waals surface area contributed by atoms with Gasteiger partial charge >= 0.3 is 0 Å². The summed E-state index contributed by atoms with van der Waals surface area (Å²) >= 11 is 6.36. The lowest BCUT2D eigenvalue weighted by atomic mass is 10.1. The van der Waals surface area contributed by atoms with Gasteiger partial charge in [0, 0.05) is 11.6 Å². The van der Waals surface area contributed by atoms with Crippen molar-refractivity contribution in [2.45, 2.75) is 51.3 Å². The first-order chi connectivity index (χ1) is 21.6. The number of methoxy groups -OCH3 is 1. The lowest BCUT2D eigenvalue weighted by Gasteiger charge is -2.44. The van der Waals surface area contributed by atoms with E-state index in [1.165, 1.54) is 10.4 Å². The molecule has 2 N–H and O–H groups in total. The number of pyridine rings is 1. The summed E-state index contributed by atoms with van der Waals surface area (Å²) in [4.78, 5) is 16.8. The molecule has 1 atom stereocenters. The molecule has 1 aliphatic carbocycles. The van der Waals surface area contributed by atoms with E-state index in [1.54, 1.807) is 13.3 Å². The maximum absolute atomic E-state index is 12.5. The summed E-state index contributed by atoms with van der Waals surface area (Å²) < 4.78 is 14.7. The Morgan fingerprint density at radius 3 is 2.18 bits per heavy atom. The van der Waals surface area contributed by atoms with Crippen LogP contribution in [0, 0.1) is 0 Å². The summed E-state index contributed by atoms with van der Waals surface area (Å²) in [7, 11) is -1.11. The normalized spacial score (nSPS) is 15.3. The number of nitrogens with zero attached hydrogens (tertiary/aromatic N) is 3. The Morgan fingerprint density at radius 1 is 1.00 bits per heavy atom. The van der Waals surface area contributed by atoms with Crippen LogP contribution in [0.5, 0.6) is 5.75 Å². The molecule has 2 aromatic heterocycles. The molecule has 1 unspecified atom stereocenters. The number of benzene rings is 3. The first-order valence-electron chi connectivity index (χ1n) is 15.1. The summed E-state index contributed by atoms with van der Waals surface area (Å²) in [5.74, 6) is 0.116. The molecule has 0 bridgehead atoms. The minimum Gasteiger partial charge on any atom is -0.497 e. The smallest absolute Gasteiger partial charge is 0.261 e. The molecule has 3 aromatic carbocycles. The van der Waals surface area contributed by atoms with Gasteiger partial charge in [-0.05, 0) is 51.5 Å². The van der Waals surface area contributed by atoms with E-state index >= 15 is 0 Å². The van der Waals surface area contributed by atoms with Crippen molar-refractivity contribution in [3.05, 3.63) is 119 Å². The maximum Gasteiger partial charge on any atom is 0.261 e. The van der Waals surface area contributed by atoms with Gasteiger partial charge in [-0.15, -0.1) is 0 Å². The molecule has 0 fully saturated rings. The highest BCUT2D eigenvalue weighted by Gasteiger charge is 2.51. The third-order valence-electron chi connectivity index (χ3n) is 8.62. The molecule has 7 nitrogen and oxygen atoms in total. The average Bonchev–Trinajstić information content (AvgIpc) is 3.63. The Bertz CT molecular complexity index is 1830. The first kappa shape index (κ1) is 30.8. The number of ether oxygens (including phenoxy) is 1. The van der Waals surface area contributed by atoms with Gasteiger partial charge in [-0.25, -0.2) is 4.98 Å². The van der Waals surface area contributed by atoms with Crippen molar-refractivity contribution >= 4 is 52.7 Å². The van der Waals surface area contributed by atoms with Crippen LogP contribution in [0.3, 0.4) is 0 Å². The van der Waals surface area contributed by atoms with Crippen LogP contribution in [-0.4, -0.2) is 42.2 Å². The summed E-state index contributed by atoms with van der Waals surface area (Å²) in [6.45, 7) is 7.35. The van der Waals surface area contributed by atoms with E-state index in [-0.39, 0.29) is 21.9 Å². The van der Waals surface area contributed by atoms with Gasteiger partial charge in [-0.2, -0.15) is 5.10 Å². The first-order valence-corrected chi connectivity index (χ1v) is 17.4. The van der Waals surface area contributed by atoms with Crippen molar-refractivity contribution in [3.8, 4) is 5.75 Å². The Kier molecular flexibility index (Phi) is 8.39. The second kappa shape index (κ2) is 12.3. The fourth-order valence-corrected chi connectivity index (χ4v) is 11.5. The van der Waals surface area contributed by atoms with Crippen LogP contribution in [0.25, 0.3) is 16.5 Å². The van der Waals surface area contributed by atoms with Crippen molar-refractivity contribution in [2.24, 2.45) is 5.73 Å². The molecule has 6 rings (SSSR count). The highest BCUT2D eigenvalue weighted by Crippen LogP contribution is 2.42. The topological polar surface area (TPSA) is 92.3 Å². The number of hydrogen-bond acceptors (Lipinski definition) is 5. The Balaban J connectivity index is 1.42. The van der Waals surface area contributed by atoms with Crippen LogP contribution < -0.4 is 20.8 Å². The zero-order chi connectivity index (χ0) is 31.8. The molecule has 45 heavy (non-hydrogen) atoms. The van der Waals surface area contributed by atoms with E-state index in [4.69, 9.17) is 31.6 Å². The second-order valence-corrected chi connectivity index (χ2v) is 17.1. The highest BCUT2D eigenvalue weighted by molar-refractivity contribution is 6.99. The second-order valence-electron chi connectivity index (χ2n) is 12.5. The SMILES string of the molecule is COc1ccc(Cn2nc3c(C(N)=O)c(Cl)ncc3c2C2=CCC(O[Si](c3ccccc3)(c3ccccc3)C(C)(C)C)C2)cc1. The third-order valence-corrected chi connectivity index (χ3v) is 14.0. The minimum atomic E-state index is -2.76. The third kappa shape index (κ3) is 5.70. The van der Waals surface area contributed by atoms with E-state index in [0.717, 1.165) is 34.4 Å². The Labute approximate surface area is 269 Å². The molecule has 5 aromatic rings. The van der Waals surface area contributed by atoms with Crippen LogP contribution in [0.2, 0.25) is 10.2 Å². The molecule has 1 amide bonds. The van der Waals surface area contributed by atoms with Gasteiger partial charge in [0.05, 0.1) is 25.5 Å². The number of hydrogen-bond donors (Lipinski definition) is 1. The number of carbonyl (C=O) groups is 1. The van der Waals surface area contributed by atoms with Crippen LogP contribution >= 0.6 is 11.6 Å². The molecule has 0 aliphatic heterocycles. The summed E-state index contributed by atoms with van der Waals surface area (Å²) in [6, 6.07) is 29.2. The van der Waals surface area contributed by atoms with Gasteiger partial charge in [-0.3, -0.25) is 9.48 Å². The molecule has 0 spiro atoms. The Hall–Kier alpha value is -4.24. The van der Waals surface area contributed by atoms with Crippen LogP contribution in [0.15, 0.2) is 97.2 Å². The fourth-order valence-electron chi connectivity index (χ4n) is 6.55. The van der Waals surface area contributed by atoms with E-state index in [2.05, 4.69) is 92.5 Å². The number of halogens is 1. The largest absolute Gasteiger partial charge is 0.497 e. The van der Waals surface area contributed by atoms with Gasteiger partial charge in [0.15, 0.2) is 0 Å². The summed E-state index contributed by atoms with van der Waals surface area (Å²) in [5, 5.41) is 8.03. The minimum absolute atomic E-state index is 0.0453. The monoisotopic (exact) mass is 636 g/mol. The van der Waals surface area contributed by atoms with Crippen LogP contribution in [0.4, 0.5) is 0 Å². The van der Waals surface area contributed by atoms with Crippen molar-refractivity contribution < 1.29 is 14.0 Å². The van der Waals surface area contributed by atoms with Gasteiger partial charge in [0.25, 0.3) is 14.2 Å². The molecular weight excluding hydrogens is 600 g/mol. The number of nitrogens with two attached hydrogens (primary N) is 1. The molecular formula is C36H37ClN4O3Si. The van der Waals surface area contributed by atoms with E-state index in [1.807, 2.05) is 28.9 Å². The predicted octanol–water partition coefficient (Wildman–Crippen LogP) is 6.36. The van der Waals surface area contributed by atoms with Crippen molar-refractivity contribution in [2.75, 3.05) is 7.11 Å². The maximum atomic E-state index is 12.5. The molecule has 0 saturated heterocycles. The molecule has 0 saturated carbocycles. The molecule has 2 heterocycles. The number of rotatable bonds is 9. The number of carbonyl (C=O) groups excluding carboxylic acids is 1. The number of primary amides is 1. The molecule has 0 radical (unpaired) electrons. The van der Waals surface area contributed by atoms with E-state index < -0.39 is 14.2 Å². The number of amides is 1. The summed E-state index contributed by atoms with van der Waals surface area (Å²) in [5.41, 5.74) is 9.35. The predicted molar refractivity (Wildman–Crippen MR) is 183 cm³/mol. The lowest BCUT2D eigenvalue weighted by Crippen LogP contribution is -2.67. The van der Waals surface area contributed by atoms with Gasteiger partial charge < -0.3 is 14.9 Å². The zero-order valence-electron chi connectivity index (χ0n) is 26.0. The molecule has 1 aliphatic rings. The highest BCUT2D eigenvalue weighted by atomic mass is 35.5. The van der Waals surface area contributed by atoms with E-state index in [0.29, 0.717) is 18.5 Å². The van der Waals surface area contributed by atoms with Crippen molar-refractivity contribution in [1.29, 1.82) is 0 Å². The van der Waals surface area contributed by atoms with Crippen LogP contribution in [0.1, 0.15) is 55.2 Å². The quantitative estimate of drug-likeness (QED) is 0.150. The zero-order valence-corrected chi connectivity index (χ0v) is 27.7.